The fraction of sp³-hybridized carbons (Fsp3) is 0.250. The van der Waals surface area contributed by atoms with Crippen LogP contribution in [0.15, 0.2) is 47.7 Å². The van der Waals surface area contributed by atoms with E-state index < -0.39 is 0 Å². The summed E-state index contributed by atoms with van der Waals surface area (Å²) in [5.41, 5.74) is 7.48. The number of hydrogen-bond acceptors (Lipinski definition) is 5. The van der Waals surface area contributed by atoms with Crippen molar-refractivity contribution in [1.29, 1.82) is 0 Å². The van der Waals surface area contributed by atoms with E-state index in [1.807, 2.05) is 54.5 Å². The van der Waals surface area contributed by atoms with Crippen molar-refractivity contribution >= 4 is 17.4 Å². The summed E-state index contributed by atoms with van der Waals surface area (Å²) < 4.78 is 5.66. The molecule has 2 aliphatic heterocycles. The summed E-state index contributed by atoms with van der Waals surface area (Å²) >= 11 is 0. The lowest BCUT2D eigenvalue weighted by Crippen LogP contribution is -2.46. The van der Waals surface area contributed by atoms with Crippen LogP contribution >= 0.6 is 0 Å². The average Bonchev–Trinajstić information content (AvgIpc) is 2.51. The van der Waals surface area contributed by atoms with Gasteiger partial charge in [0.15, 0.2) is 5.84 Å². The number of benzene rings is 1. The predicted octanol–water partition coefficient (Wildman–Crippen LogP) is 1.50. The van der Waals surface area contributed by atoms with Crippen LogP contribution in [0.25, 0.3) is 0 Å². The lowest BCUT2D eigenvalue weighted by atomic mass is 10.2. The minimum absolute atomic E-state index is 0.0409. The Morgan fingerprint density at radius 2 is 2.23 bits per heavy atom. The van der Waals surface area contributed by atoms with Crippen LogP contribution in [0.3, 0.4) is 0 Å². The Bertz CT molecular complexity index is 679. The summed E-state index contributed by atoms with van der Waals surface area (Å²) in [6.45, 7) is 3.03. The molecule has 0 bridgehead atoms. The number of carbonyl (C=O) groups is 1. The van der Waals surface area contributed by atoms with Gasteiger partial charge < -0.3 is 15.4 Å². The maximum Gasteiger partial charge on any atom is 0.262 e. The molecule has 0 radical (unpaired) electrons. The van der Waals surface area contributed by atoms with E-state index in [1.54, 1.807) is 0 Å². The molecule has 2 heterocycles. The maximum absolute atomic E-state index is 12.0. The van der Waals surface area contributed by atoms with Crippen molar-refractivity contribution in [3.05, 3.63) is 48.2 Å². The number of nitrogens with zero attached hydrogens (tertiary/aromatic N) is 3. The number of nitrogens with two attached hydrogens (primary N) is 1. The zero-order chi connectivity index (χ0) is 15.5. The summed E-state index contributed by atoms with van der Waals surface area (Å²) in [5, 5.41) is 5.79. The van der Waals surface area contributed by atoms with E-state index in [4.69, 9.17) is 10.5 Å². The smallest absolute Gasteiger partial charge is 0.262 e. The number of allylic oxidation sites excluding steroid dienone is 2. The number of nitrogen functional groups attached to an aromatic ring is 1. The van der Waals surface area contributed by atoms with Crippen LogP contribution in [0.1, 0.15) is 5.56 Å². The molecule has 6 heteroatoms. The Balaban J connectivity index is 1.59. The molecular weight excluding hydrogens is 280 g/mol. The fourth-order valence-corrected chi connectivity index (χ4v) is 2.26. The molecule has 6 nitrogen and oxygen atoms in total. The third kappa shape index (κ3) is 2.95. The van der Waals surface area contributed by atoms with Gasteiger partial charge in [0, 0.05) is 11.9 Å². The number of carbonyl (C=O) groups excluding carboxylic acids is 1. The number of amidine groups is 1. The quantitative estimate of drug-likeness (QED) is 0.855. The van der Waals surface area contributed by atoms with Crippen LogP contribution in [0.5, 0.6) is 5.75 Å². The van der Waals surface area contributed by atoms with Gasteiger partial charge in [-0.15, -0.1) is 0 Å². The van der Waals surface area contributed by atoms with Crippen molar-refractivity contribution in [1.82, 2.24) is 9.91 Å². The zero-order valence-corrected chi connectivity index (χ0v) is 12.4. The van der Waals surface area contributed by atoms with E-state index >= 15 is 0 Å². The number of hydrogen-bond donors (Lipinski definition) is 1. The molecule has 0 atom stereocenters. The lowest BCUT2D eigenvalue weighted by molar-refractivity contribution is -0.132. The SMILES string of the molecule is Cc1cc(OCCN2N=C3C=CC=CN3CC2=O)ccc1N. The van der Waals surface area contributed by atoms with Gasteiger partial charge in [-0.2, -0.15) is 5.10 Å². The van der Waals surface area contributed by atoms with Crippen LogP contribution < -0.4 is 10.5 Å². The Kier molecular flexibility index (Phi) is 3.82. The van der Waals surface area contributed by atoms with E-state index in [1.165, 1.54) is 5.01 Å². The largest absolute Gasteiger partial charge is 0.492 e. The molecule has 0 aromatic heterocycles. The minimum Gasteiger partial charge on any atom is -0.492 e. The van der Waals surface area contributed by atoms with E-state index in [0.29, 0.717) is 19.7 Å². The number of fused-ring (bicyclic) bond motifs is 1. The molecule has 2 aliphatic rings. The Hall–Kier alpha value is -2.76. The second kappa shape index (κ2) is 5.93. The standard InChI is InChI=1S/C16H18N4O2/c1-12-10-13(5-6-14(12)17)22-9-8-20-16(21)11-19-7-3-2-4-15(19)18-20/h2-7,10H,8-9,11,17H2,1H3. The highest BCUT2D eigenvalue weighted by molar-refractivity contribution is 6.00. The van der Waals surface area contributed by atoms with Gasteiger partial charge in [-0.25, -0.2) is 5.01 Å². The van der Waals surface area contributed by atoms with Crippen LogP contribution in [0, 0.1) is 6.92 Å². The Labute approximate surface area is 129 Å². The van der Waals surface area contributed by atoms with Crippen molar-refractivity contribution in [3.8, 4) is 5.75 Å². The molecule has 1 aromatic rings. The van der Waals surface area contributed by atoms with Crippen LogP contribution in [0.2, 0.25) is 0 Å². The normalized spacial score (nSPS) is 16.6. The molecule has 0 saturated carbocycles. The molecule has 22 heavy (non-hydrogen) atoms. The lowest BCUT2D eigenvalue weighted by Gasteiger charge is -2.30. The first-order chi connectivity index (χ1) is 10.6. The van der Waals surface area contributed by atoms with Crippen LogP contribution in [0.4, 0.5) is 5.69 Å². The second-order valence-corrected chi connectivity index (χ2v) is 5.17. The molecule has 1 amide bonds. The third-order valence-corrected chi connectivity index (χ3v) is 3.55. The van der Waals surface area contributed by atoms with Gasteiger partial charge in [-0.05, 0) is 42.8 Å². The van der Waals surface area contributed by atoms with Gasteiger partial charge in [-0.1, -0.05) is 6.08 Å². The van der Waals surface area contributed by atoms with Crippen LogP contribution in [-0.2, 0) is 4.79 Å². The minimum atomic E-state index is -0.0409. The van der Waals surface area contributed by atoms with Crippen molar-refractivity contribution in [2.24, 2.45) is 5.10 Å². The molecule has 0 fully saturated rings. The number of rotatable bonds is 4. The van der Waals surface area contributed by atoms with E-state index in [0.717, 1.165) is 22.8 Å². The highest BCUT2D eigenvalue weighted by atomic mass is 16.5. The predicted molar refractivity (Wildman–Crippen MR) is 85.2 cm³/mol. The van der Waals surface area contributed by atoms with E-state index in [-0.39, 0.29) is 5.91 Å². The molecular formula is C16H18N4O2. The van der Waals surface area contributed by atoms with E-state index in [9.17, 15) is 4.79 Å². The van der Waals surface area contributed by atoms with Gasteiger partial charge in [0.25, 0.3) is 5.91 Å². The number of aryl methyl sites for hydroxylation is 1. The third-order valence-electron chi connectivity index (χ3n) is 3.55. The second-order valence-electron chi connectivity index (χ2n) is 5.17. The first-order valence-corrected chi connectivity index (χ1v) is 7.13. The van der Waals surface area contributed by atoms with Gasteiger partial charge in [0.2, 0.25) is 0 Å². The number of ether oxygens (including phenoxy) is 1. The van der Waals surface area contributed by atoms with Gasteiger partial charge in [0.1, 0.15) is 18.9 Å². The van der Waals surface area contributed by atoms with Crippen LogP contribution in [-0.4, -0.2) is 41.3 Å². The fourth-order valence-electron chi connectivity index (χ4n) is 2.26. The number of amides is 1. The summed E-state index contributed by atoms with van der Waals surface area (Å²) in [6.07, 6.45) is 7.51. The molecule has 0 spiro atoms. The molecule has 1 aromatic carbocycles. The molecule has 0 aliphatic carbocycles. The number of hydrazone groups is 1. The molecule has 114 valence electrons. The Morgan fingerprint density at radius 3 is 3.05 bits per heavy atom. The van der Waals surface area contributed by atoms with Gasteiger partial charge in [0.05, 0.1) is 6.54 Å². The molecule has 0 unspecified atom stereocenters. The summed E-state index contributed by atoms with van der Waals surface area (Å²) in [4.78, 5) is 13.9. The molecule has 3 rings (SSSR count). The zero-order valence-electron chi connectivity index (χ0n) is 12.4. The summed E-state index contributed by atoms with van der Waals surface area (Å²) in [7, 11) is 0. The van der Waals surface area contributed by atoms with Crippen molar-refractivity contribution in [3.63, 3.8) is 0 Å². The van der Waals surface area contributed by atoms with Gasteiger partial charge in [-0.3, -0.25) is 4.79 Å². The Morgan fingerprint density at radius 1 is 1.36 bits per heavy atom. The monoisotopic (exact) mass is 298 g/mol. The summed E-state index contributed by atoms with van der Waals surface area (Å²) in [6, 6.07) is 5.52. The van der Waals surface area contributed by atoms with Crippen molar-refractivity contribution < 1.29 is 9.53 Å². The molecule has 2 N–H and O–H groups in total. The first kappa shape index (κ1) is 14.2. The summed E-state index contributed by atoms with van der Waals surface area (Å²) in [5.74, 6) is 1.47. The van der Waals surface area contributed by atoms with Crippen molar-refractivity contribution in [2.45, 2.75) is 6.92 Å². The highest BCUT2D eigenvalue weighted by Crippen LogP contribution is 2.18. The maximum atomic E-state index is 12.0. The topological polar surface area (TPSA) is 71.2 Å². The highest BCUT2D eigenvalue weighted by Gasteiger charge is 2.24. The van der Waals surface area contributed by atoms with E-state index in [2.05, 4.69) is 5.10 Å². The first-order valence-electron chi connectivity index (χ1n) is 7.13. The van der Waals surface area contributed by atoms with Crippen molar-refractivity contribution in [2.75, 3.05) is 25.4 Å². The average molecular weight is 298 g/mol. The molecule has 0 saturated heterocycles. The van der Waals surface area contributed by atoms with Gasteiger partial charge >= 0.3 is 0 Å². The number of anilines is 1.